The van der Waals surface area contributed by atoms with Crippen LogP contribution in [0.25, 0.3) is 17.3 Å². The van der Waals surface area contributed by atoms with Crippen LogP contribution >= 0.6 is 23.2 Å². The number of aromatic nitrogens is 3. The van der Waals surface area contributed by atoms with Gasteiger partial charge in [-0.25, -0.2) is 9.48 Å². The Morgan fingerprint density at radius 2 is 1.83 bits per heavy atom. The van der Waals surface area contributed by atoms with Gasteiger partial charge in [0, 0.05) is 16.8 Å². The molecule has 0 saturated carbocycles. The van der Waals surface area contributed by atoms with Gasteiger partial charge in [-0.15, -0.1) is 0 Å². The molecule has 210 valence electrons. The lowest BCUT2D eigenvalue weighted by molar-refractivity contribution is 0.0929. The van der Waals surface area contributed by atoms with Gasteiger partial charge in [0.25, 0.3) is 5.91 Å². The Morgan fingerprint density at radius 3 is 2.49 bits per heavy atom. The Morgan fingerprint density at radius 1 is 1.05 bits per heavy atom. The molecule has 2 aromatic heterocycles. The van der Waals surface area contributed by atoms with Crippen molar-refractivity contribution < 1.29 is 19.1 Å². The molecule has 1 aliphatic heterocycles. The Hall–Kier alpha value is -4.34. The largest absolute Gasteiger partial charge is 0.497 e. The fraction of sp³-hybridized carbons (Fsp3) is 0.200. The van der Waals surface area contributed by atoms with Crippen molar-refractivity contribution >= 4 is 46.9 Å². The summed E-state index contributed by atoms with van der Waals surface area (Å²) in [6.45, 7) is 2.16. The molecule has 2 aromatic carbocycles. The fourth-order valence-corrected chi connectivity index (χ4v) is 5.20. The summed E-state index contributed by atoms with van der Waals surface area (Å²) in [5, 5.41) is 8.56. The second kappa shape index (κ2) is 12.0. The van der Waals surface area contributed by atoms with Crippen molar-refractivity contribution in [3.63, 3.8) is 0 Å². The summed E-state index contributed by atoms with van der Waals surface area (Å²) in [4.78, 5) is 32.4. The van der Waals surface area contributed by atoms with Crippen molar-refractivity contribution in [3.8, 4) is 11.4 Å². The number of carbonyl (C=O) groups is 2. The highest BCUT2D eigenvalue weighted by atomic mass is 35.5. The summed E-state index contributed by atoms with van der Waals surface area (Å²) in [6.07, 6.45) is 3.08. The predicted octanol–water partition coefficient (Wildman–Crippen LogP) is 6.20. The van der Waals surface area contributed by atoms with Crippen LogP contribution in [0.2, 0.25) is 10.0 Å². The third-order valence-electron chi connectivity index (χ3n) is 6.72. The molecule has 1 atom stereocenters. The molecule has 5 rings (SSSR count). The van der Waals surface area contributed by atoms with E-state index in [-0.39, 0.29) is 18.8 Å². The first-order valence-electron chi connectivity index (χ1n) is 12.8. The number of ether oxygens (including phenoxy) is 2. The molecule has 11 heteroatoms. The molecule has 0 bridgehead atoms. The number of benzene rings is 2. The van der Waals surface area contributed by atoms with Crippen LogP contribution < -0.4 is 10.1 Å². The van der Waals surface area contributed by atoms with Gasteiger partial charge >= 0.3 is 6.09 Å². The summed E-state index contributed by atoms with van der Waals surface area (Å²) in [7, 11) is 2.93. The first-order valence-corrected chi connectivity index (χ1v) is 13.5. The molecule has 0 aliphatic carbocycles. The van der Waals surface area contributed by atoms with Gasteiger partial charge in [0.05, 0.1) is 55.4 Å². The predicted molar refractivity (Wildman–Crippen MR) is 157 cm³/mol. The molecule has 2 amide bonds. The molecule has 0 radical (unpaired) electrons. The van der Waals surface area contributed by atoms with Crippen molar-refractivity contribution in [1.82, 2.24) is 25.0 Å². The number of rotatable bonds is 6. The average Bonchev–Trinajstić information content (AvgIpc) is 3.37. The van der Waals surface area contributed by atoms with E-state index in [4.69, 9.17) is 37.8 Å². The zero-order valence-electron chi connectivity index (χ0n) is 22.6. The molecule has 4 aromatic rings. The summed E-state index contributed by atoms with van der Waals surface area (Å²) in [5.41, 5.74) is 4.20. The Bertz CT molecular complexity index is 1620. The number of fused-ring (bicyclic) bond motifs is 1. The molecule has 3 heterocycles. The minimum atomic E-state index is -0.526. The lowest BCUT2D eigenvalue weighted by atomic mass is 9.97. The Kier molecular flexibility index (Phi) is 8.28. The topological polar surface area (TPSA) is 98.6 Å². The second-order valence-corrected chi connectivity index (χ2v) is 10.2. The zero-order chi connectivity index (χ0) is 29.1. The van der Waals surface area contributed by atoms with E-state index in [2.05, 4.69) is 10.3 Å². The maximum Gasteiger partial charge on any atom is 0.410 e. The average molecular weight is 592 g/mol. The van der Waals surface area contributed by atoms with Crippen LogP contribution in [0.4, 0.5) is 4.79 Å². The van der Waals surface area contributed by atoms with Gasteiger partial charge in [0.1, 0.15) is 5.75 Å². The number of hydrogen-bond donors (Lipinski definition) is 1. The Labute approximate surface area is 247 Å². The number of nitrogens with one attached hydrogen (secondary N) is 1. The second-order valence-electron chi connectivity index (χ2n) is 9.40. The van der Waals surface area contributed by atoms with Gasteiger partial charge in [-0.1, -0.05) is 41.4 Å². The van der Waals surface area contributed by atoms with Crippen LogP contribution in [0.3, 0.4) is 0 Å². The van der Waals surface area contributed by atoms with Crippen molar-refractivity contribution in [2.45, 2.75) is 19.5 Å². The highest BCUT2D eigenvalue weighted by Gasteiger charge is 2.34. The molecule has 0 saturated heterocycles. The van der Waals surface area contributed by atoms with E-state index < -0.39 is 18.0 Å². The summed E-state index contributed by atoms with van der Waals surface area (Å²) in [6, 6.07) is 17.7. The minimum Gasteiger partial charge on any atom is -0.497 e. The lowest BCUT2D eigenvalue weighted by Crippen LogP contribution is -2.36. The normalized spacial score (nSPS) is 14.4. The van der Waals surface area contributed by atoms with Gasteiger partial charge in [0.2, 0.25) is 0 Å². The smallest absolute Gasteiger partial charge is 0.410 e. The molecule has 41 heavy (non-hydrogen) atoms. The van der Waals surface area contributed by atoms with Crippen LogP contribution in [0, 0.1) is 0 Å². The van der Waals surface area contributed by atoms with Crippen molar-refractivity contribution in [3.05, 3.63) is 105 Å². The van der Waals surface area contributed by atoms with E-state index in [1.807, 2.05) is 55.5 Å². The van der Waals surface area contributed by atoms with E-state index in [0.717, 1.165) is 11.1 Å². The summed E-state index contributed by atoms with van der Waals surface area (Å²) in [5.74, 6) is 0.297. The summed E-state index contributed by atoms with van der Waals surface area (Å²) < 4.78 is 12.0. The van der Waals surface area contributed by atoms with Crippen molar-refractivity contribution in [2.75, 3.05) is 20.8 Å². The van der Waals surface area contributed by atoms with E-state index in [1.54, 1.807) is 36.2 Å². The van der Waals surface area contributed by atoms with E-state index in [0.29, 0.717) is 38.4 Å². The van der Waals surface area contributed by atoms with Gasteiger partial charge in [-0.2, -0.15) is 5.10 Å². The monoisotopic (exact) mass is 591 g/mol. The van der Waals surface area contributed by atoms with E-state index >= 15 is 0 Å². The standard InChI is InChI=1S/C30H27Cl2N5O4/c1-18(25-6-4-5-13-33-25)34-29(38)27-23-17-36(30(39)41-3)16-20(14-19-7-10-22(40-2)11-8-19)28(23)37(35-27)26-12-9-21(31)15-24(26)32/h4-15,18H,16-17H2,1-3H3,(H,34,38). The van der Waals surface area contributed by atoms with Gasteiger partial charge in [-0.3, -0.25) is 14.7 Å². The van der Waals surface area contributed by atoms with Crippen molar-refractivity contribution in [1.29, 1.82) is 0 Å². The van der Waals surface area contributed by atoms with Gasteiger partial charge < -0.3 is 14.8 Å². The number of hydrogen-bond acceptors (Lipinski definition) is 6. The maximum absolute atomic E-state index is 13.7. The maximum atomic E-state index is 13.7. The van der Waals surface area contributed by atoms with Crippen LogP contribution in [0.5, 0.6) is 5.75 Å². The number of nitrogens with zero attached hydrogens (tertiary/aromatic N) is 4. The molecule has 1 aliphatic rings. The van der Waals surface area contributed by atoms with Crippen molar-refractivity contribution in [2.24, 2.45) is 0 Å². The molecular formula is C30H27Cl2N5O4. The number of carbonyl (C=O) groups excluding carboxylic acids is 2. The van der Waals surface area contributed by atoms with E-state index in [1.165, 1.54) is 12.0 Å². The molecule has 0 fully saturated rings. The lowest BCUT2D eigenvalue weighted by Gasteiger charge is -2.29. The van der Waals surface area contributed by atoms with Crippen LogP contribution in [-0.4, -0.2) is 52.4 Å². The molecule has 9 nitrogen and oxygen atoms in total. The first kappa shape index (κ1) is 28.2. The highest BCUT2D eigenvalue weighted by Crippen LogP contribution is 2.36. The fourth-order valence-electron chi connectivity index (χ4n) is 4.71. The summed E-state index contributed by atoms with van der Waals surface area (Å²) >= 11 is 12.8. The molecular weight excluding hydrogens is 565 g/mol. The number of methoxy groups -OCH3 is 2. The number of amides is 2. The highest BCUT2D eigenvalue weighted by molar-refractivity contribution is 6.35. The van der Waals surface area contributed by atoms with Gasteiger partial charge in [0.15, 0.2) is 5.69 Å². The quantitative estimate of drug-likeness (QED) is 0.287. The van der Waals surface area contributed by atoms with Crippen LogP contribution in [0.1, 0.15) is 46.0 Å². The minimum absolute atomic E-state index is 0.105. The third-order valence-corrected chi connectivity index (χ3v) is 7.26. The first-order chi connectivity index (χ1) is 19.8. The SMILES string of the molecule is COC(=O)N1CC(=Cc2ccc(OC)cc2)c2c(c(C(=O)NC(C)c3ccccn3)nn2-c2ccc(Cl)cc2Cl)C1. The Balaban J connectivity index is 1.67. The molecule has 1 N–H and O–H groups in total. The molecule has 0 spiro atoms. The zero-order valence-corrected chi connectivity index (χ0v) is 24.1. The third kappa shape index (κ3) is 5.91. The number of halogens is 2. The number of pyridine rings is 1. The molecule has 1 unspecified atom stereocenters. The van der Waals surface area contributed by atoms with Gasteiger partial charge in [-0.05, 0) is 66.6 Å². The van der Waals surface area contributed by atoms with Crippen LogP contribution in [0.15, 0.2) is 66.9 Å². The van der Waals surface area contributed by atoms with Crippen LogP contribution in [-0.2, 0) is 11.3 Å². The van der Waals surface area contributed by atoms with E-state index in [9.17, 15) is 9.59 Å².